The van der Waals surface area contributed by atoms with Crippen molar-refractivity contribution in [3.05, 3.63) is 70.7 Å². The molecule has 1 atom stereocenters. The zero-order chi connectivity index (χ0) is 17.0. The lowest BCUT2D eigenvalue weighted by molar-refractivity contribution is -0.135. The number of nitrogens with two attached hydrogens (primary N) is 1. The lowest BCUT2D eigenvalue weighted by Crippen LogP contribution is -2.34. The number of sulfone groups is 1. The zero-order valence-electron chi connectivity index (χ0n) is 12.0. The van der Waals surface area contributed by atoms with Gasteiger partial charge in [-0.15, -0.1) is 0 Å². The molecule has 1 amide bonds. The van der Waals surface area contributed by atoms with Crippen LogP contribution in [0.15, 0.2) is 54.6 Å². The molecule has 23 heavy (non-hydrogen) atoms. The first-order valence-electron chi connectivity index (χ1n) is 6.66. The predicted octanol–water partition coefficient (Wildman–Crippen LogP) is 2.05. The molecule has 120 valence electrons. The van der Waals surface area contributed by atoms with Crippen LogP contribution in [0.3, 0.4) is 0 Å². The molecule has 0 saturated carbocycles. The van der Waals surface area contributed by atoms with Crippen molar-refractivity contribution < 1.29 is 18.0 Å². The van der Waals surface area contributed by atoms with E-state index in [9.17, 15) is 18.0 Å². The number of carbonyl (C=O) groups excluding carboxylic acids is 2. The van der Waals surface area contributed by atoms with E-state index < -0.39 is 32.5 Å². The van der Waals surface area contributed by atoms with Crippen molar-refractivity contribution in [3.63, 3.8) is 0 Å². The largest absolute Gasteiger partial charge is 0.363 e. The highest BCUT2D eigenvalue weighted by atomic mass is 35.5. The van der Waals surface area contributed by atoms with Gasteiger partial charge in [0.05, 0.1) is 5.75 Å². The first kappa shape index (κ1) is 17.2. The summed E-state index contributed by atoms with van der Waals surface area (Å²) >= 11 is 6.01. The SMILES string of the molecule is NC(=O)C(=O)C(c1ccccc1Cl)S(=O)(=O)Cc1ccccc1. The molecule has 7 heteroatoms. The molecule has 0 aliphatic rings. The Hall–Kier alpha value is -2.18. The number of ketones is 1. The monoisotopic (exact) mass is 351 g/mol. The highest BCUT2D eigenvalue weighted by Crippen LogP contribution is 2.31. The highest BCUT2D eigenvalue weighted by molar-refractivity contribution is 7.91. The van der Waals surface area contributed by atoms with Gasteiger partial charge in [0.25, 0.3) is 5.91 Å². The van der Waals surface area contributed by atoms with Gasteiger partial charge in [-0.25, -0.2) is 8.42 Å². The Morgan fingerprint density at radius 3 is 2.13 bits per heavy atom. The van der Waals surface area contributed by atoms with Gasteiger partial charge in [-0.3, -0.25) is 9.59 Å². The van der Waals surface area contributed by atoms with Crippen LogP contribution in [0.5, 0.6) is 0 Å². The Bertz CT molecular complexity index is 834. The first-order chi connectivity index (χ1) is 10.8. The summed E-state index contributed by atoms with van der Waals surface area (Å²) in [5.74, 6) is -2.91. The smallest absolute Gasteiger partial charge is 0.286 e. The van der Waals surface area contributed by atoms with E-state index in [1.807, 2.05) is 0 Å². The lowest BCUT2D eigenvalue weighted by Gasteiger charge is -2.17. The average Bonchev–Trinajstić information content (AvgIpc) is 2.49. The van der Waals surface area contributed by atoms with Gasteiger partial charge in [0.15, 0.2) is 15.1 Å². The number of benzene rings is 2. The molecule has 5 nitrogen and oxygen atoms in total. The van der Waals surface area contributed by atoms with E-state index in [2.05, 4.69) is 0 Å². The van der Waals surface area contributed by atoms with Crippen molar-refractivity contribution in [1.29, 1.82) is 0 Å². The second-order valence-corrected chi connectivity index (χ2v) is 7.42. The summed E-state index contributed by atoms with van der Waals surface area (Å²) in [4.78, 5) is 23.4. The minimum Gasteiger partial charge on any atom is -0.363 e. The molecule has 2 rings (SSSR count). The van der Waals surface area contributed by atoms with Gasteiger partial charge >= 0.3 is 0 Å². The molecule has 0 heterocycles. The van der Waals surface area contributed by atoms with Crippen molar-refractivity contribution in [2.45, 2.75) is 11.0 Å². The Kier molecular flexibility index (Phi) is 5.18. The van der Waals surface area contributed by atoms with Gasteiger partial charge in [-0.1, -0.05) is 60.1 Å². The van der Waals surface area contributed by atoms with Crippen molar-refractivity contribution in [1.82, 2.24) is 0 Å². The van der Waals surface area contributed by atoms with Crippen molar-refractivity contribution in [2.75, 3.05) is 0 Å². The van der Waals surface area contributed by atoms with Crippen molar-refractivity contribution >= 4 is 33.1 Å². The average molecular weight is 352 g/mol. The van der Waals surface area contributed by atoms with Gasteiger partial charge in [0, 0.05) is 5.02 Å². The zero-order valence-corrected chi connectivity index (χ0v) is 13.5. The minimum atomic E-state index is -4.03. The molecule has 2 aromatic carbocycles. The Labute approximate surface area is 139 Å². The highest BCUT2D eigenvalue weighted by Gasteiger charge is 2.38. The number of rotatable bonds is 6. The molecule has 0 radical (unpaired) electrons. The second kappa shape index (κ2) is 6.93. The molecular formula is C16H14ClNO4S. The van der Waals surface area contributed by atoms with Crippen LogP contribution in [0.25, 0.3) is 0 Å². The summed E-state index contributed by atoms with van der Waals surface area (Å²) in [7, 11) is -4.03. The third kappa shape index (κ3) is 3.97. The number of amides is 1. The number of halogens is 1. The van der Waals surface area contributed by atoms with Gasteiger partial charge in [-0.2, -0.15) is 0 Å². The predicted molar refractivity (Wildman–Crippen MR) is 87.5 cm³/mol. The van der Waals surface area contributed by atoms with Gasteiger partial charge in [0.1, 0.15) is 0 Å². The maximum absolute atomic E-state index is 12.7. The van der Waals surface area contributed by atoms with E-state index in [0.717, 1.165) is 0 Å². The summed E-state index contributed by atoms with van der Waals surface area (Å²) in [5, 5.41) is -1.63. The van der Waals surface area contributed by atoms with E-state index in [1.54, 1.807) is 42.5 Å². The molecule has 0 aromatic heterocycles. The molecule has 2 N–H and O–H groups in total. The molecule has 0 saturated heterocycles. The molecule has 0 aliphatic carbocycles. The van der Waals surface area contributed by atoms with Crippen LogP contribution >= 0.6 is 11.6 Å². The van der Waals surface area contributed by atoms with E-state index in [-0.39, 0.29) is 10.6 Å². The number of Topliss-reactive ketones (excluding diaryl/α,β-unsaturated/α-hetero) is 1. The van der Waals surface area contributed by atoms with Gasteiger partial charge in [0.2, 0.25) is 5.78 Å². The summed E-state index contributed by atoms with van der Waals surface area (Å²) in [5.41, 5.74) is 5.57. The maximum atomic E-state index is 12.7. The lowest BCUT2D eigenvalue weighted by atomic mass is 10.1. The van der Waals surface area contributed by atoms with Crippen LogP contribution in [-0.2, 0) is 25.2 Å². The first-order valence-corrected chi connectivity index (χ1v) is 8.76. The van der Waals surface area contributed by atoms with Crippen LogP contribution in [0.1, 0.15) is 16.4 Å². The number of hydrogen-bond acceptors (Lipinski definition) is 4. The van der Waals surface area contributed by atoms with Gasteiger partial charge < -0.3 is 5.73 Å². The van der Waals surface area contributed by atoms with E-state index in [4.69, 9.17) is 17.3 Å². The Balaban J connectivity index is 2.51. The minimum absolute atomic E-state index is 0.0499. The summed E-state index contributed by atoms with van der Waals surface area (Å²) in [6, 6.07) is 14.4. The molecule has 0 aliphatic heterocycles. The molecule has 2 aromatic rings. The summed E-state index contributed by atoms with van der Waals surface area (Å²) < 4.78 is 25.4. The van der Waals surface area contributed by atoms with Crippen LogP contribution in [0.4, 0.5) is 0 Å². The number of carbonyl (C=O) groups is 2. The maximum Gasteiger partial charge on any atom is 0.286 e. The van der Waals surface area contributed by atoms with Crippen LogP contribution in [0.2, 0.25) is 5.02 Å². The molecule has 0 fully saturated rings. The molecule has 1 unspecified atom stereocenters. The van der Waals surface area contributed by atoms with Crippen LogP contribution in [0, 0.1) is 0 Å². The quantitative estimate of drug-likeness (QED) is 0.806. The third-order valence-corrected chi connectivity index (χ3v) is 5.50. The number of primary amides is 1. The Morgan fingerprint density at radius 2 is 1.57 bits per heavy atom. The summed E-state index contributed by atoms with van der Waals surface area (Å²) in [6.45, 7) is 0. The molecular weight excluding hydrogens is 338 g/mol. The van der Waals surface area contributed by atoms with Crippen molar-refractivity contribution in [2.24, 2.45) is 5.73 Å². The van der Waals surface area contributed by atoms with Crippen molar-refractivity contribution in [3.8, 4) is 0 Å². The van der Waals surface area contributed by atoms with Crippen LogP contribution in [-0.4, -0.2) is 20.1 Å². The van der Waals surface area contributed by atoms with E-state index in [1.165, 1.54) is 12.1 Å². The fourth-order valence-corrected chi connectivity index (χ4v) is 4.37. The van der Waals surface area contributed by atoms with E-state index >= 15 is 0 Å². The van der Waals surface area contributed by atoms with Gasteiger partial charge in [-0.05, 0) is 17.2 Å². The molecule has 0 spiro atoms. The second-order valence-electron chi connectivity index (χ2n) is 4.92. The molecule has 0 bridgehead atoms. The fourth-order valence-electron chi connectivity index (χ4n) is 2.20. The van der Waals surface area contributed by atoms with E-state index in [0.29, 0.717) is 5.56 Å². The Morgan fingerprint density at radius 1 is 1.00 bits per heavy atom. The van der Waals surface area contributed by atoms with Crippen LogP contribution < -0.4 is 5.73 Å². The topological polar surface area (TPSA) is 94.3 Å². The summed E-state index contributed by atoms with van der Waals surface area (Å²) in [6.07, 6.45) is 0. The fraction of sp³-hybridized carbons (Fsp3) is 0.125. The number of hydrogen-bond donors (Lipinski definition) is 1. The standard InChI is InChI=1S/C16H14ClNO4S/c17-13-9-5-4-8-12(13)15(14(19)16(18)20)23(21,22)10-11-6-2-1-3-7-11/h1-9,15H,10H2,(H2,18,20). The normalized spacial score (nSPS) is 12.6. The third-order valence-electron chi connectivity index (χ3n) is 3.24.